The fraction of sp³-hybridized carbons (Fsp3) is 0.250. The molecule has 1 N–H and O–H groups in total. The van der Waals surface area contributed by atoms with E-state index in [1.165, 1.54) is 15.9 Å². The summed E-state index contributed by atoms with van der Waals surface area (Å²) >= 11 is 1.49. The Morgan fingerprint density at radius 3 is 2.34 bits per heavy atom. The summed E-state index contributed by atoms with van der Waals surface area (Å²) in [5, 5.41) is 4.34. The number of aromatic amines is 1. The zero-order valence-corrected chi connectivity index (χ0v) is 24.6. The molecule has 0 amide bonds. The fourth-order valence-corrected chi connectivity index (χ4v) is 5.80. The highest BCUT2D eigenvalue weighted by atomic mass is 32.1. The van der Waals surface area contributed by atoms with Crippen molar-refractivity contribution in [2.75, 3.05) is 0 Å². The van der Waals surface area contributed by atoms with Crippen molar-refractivity contribution in [2.24, 2.45) is 0 Å². The Hall–Kier alpha value is -4.50. The van der Waals surface area contributed by atoms with Gasteiger partial charge in [0.1, 0.15) is 4.83 Å². The lowest BCUT2D eigenvalue weighted by Crippen LogP contribution is -2.39. The molecule has 9 heteroatoms. The minimum absolute atomic E-state index is 0.232. The molecule has 0 radical (unpaired) electrons. The number of allylic oxidation sites excluding steroid dienone is 8. The number of fused-ring (bicyclic) bond motifs is 1. The number of hydrogen-bond acceptors (Lipinski definition) is 6. The first-order chi connectivity index (χ1) is 19.7. The van der Waals surface area contributed by atoms with E-state index in [-0.39, 0.29) is 23.0 Å². The Morgan fingerprint density at radius 2 is 1.78 bits per heavy atom. The van der Waals surface area contributed by atoms with Gasteiger partial charge in [0.15, 0.2) is 5.82 Å². The molecular weight excluding hydrogens is 536 g/mol. The first-order valence-corrected chi connectivity index (χ1v) is 14.2. The zero-order chi connectivity index (χ0) is 29.7. The van der Waals surface area contributed by atoms with E-state index in [0.29, 0.717) is 40.9 Å². The van der Waals surface area contributed by atoms with Crippen molar-refractivity contribution in [3.63, 3.8) is 0 Å². The van der Waals surface area contributed by atoms with Crippen molar-refractivity contribution in [2.45, 2.75) is 53.1 Å². The number of benzene rings is 1. The van der Waals surface area contributed by atoms with Gasteiger partial charge in [-0.1, -0.05) is 92.4 Å². The van der Waals surface area contributed by atoms with Crippen LogP contribution in [0.4, 0.5) is 0 Å². The Balaban J connectivity index is 1.77. The van der Waals surface area contributed by atoms with Crippen LogP contribution in [0.2, 0.25) is 0 Å². The molecule has 0 aliphatic carbocycles. The molecule has 1 aromatic carbocycles. The van der Waals surface area contributed by atoms with Crippen LogP contribution in [0, 0.1) is 0 Å². The molecule has 0 spiro atoms. The van der Waals surface area contributed by atoms with E-state index < -0.39 is 5.76 Å². The van der Waals surface area contributed by atoms with Crippen LogP contribution in [-0.4, -0.2) is 19.3 Å². The van der Waals surface area contributed by atoms with E-state index in [4.69, 9.17) is 0 Å². The second kappa shape index (κ2) is 12.8. The number of hydrogen-bond donors (Lipinski definition) is 1. The summed E-state index contributed by atoms with van der Waals surface area (Å²) in [6.45, 7) is 16.4. The largest absolute Gasteiger partial charge is 0.439 e. The van der Waals surface area contributed by atoms with Gasteiger partial charge >= 0.3 is 11.4 Å². The van der Waals surface area contributed by atoms with E-state index in [2.05, 4.69) is 41.7 Å². The van der Waals surface area contributed by atoms with Gasteiger partial charge in [0.2, 0.25) is 0 Å². The maximum atomic E-state index is 13.8. The summed E-state index contributed by atoms with van der Waals surface area (Å²) in [7, 11) is 0. The standard InChI is InChI=1S/C32H34N4O4S/c1-7-11-21(8-2)16-17-35-29(37)26-18-27(20(5)6)41-30(26)36(32(35)39)19-22-12-14-23(15-13-22)24(9-3)25(10-4)28-33-31(38)40-34-28/h7-15,18,20H,3-4,16-17,19H2,1-2,5-6H3,(H,33,34,38)/b11-7-,21-8+,25-24-. The lowest BCUT2D eigenvalue weighted by atomic mass is 9.98. The van der Waals surface area contributed by atoms with Crippen LogP contribution < -0.4 is 17.0 Å². The molecule has 4 rings (SSSR count). The summed E-state index contributed by atoms with van der Waals surface area (Å²) in [5.41, 5.74) is 3.49. The summed E-state index contributed by atoms with van der Waals surface area (Å²) in [6, 6.07) is 9.61. The molecule has 0 aliphatic heterocycles. The Morgan fingerprint density at radius 1 is 1.07 bits per heavy atom. The summed E-state index contributed by atoms with van der Waals surface area (Å²) < 4.78 is 7.71. The Bertz CT molecular complexity index is 1850. The van der Waals surface area contributed by atoms with Crippen LogP contribution in [0.3, 0.4) is 0 Å². The molecule has 3 aromatic heterocycles. The molecule has 4 aromatic rings. The molecule has 0 fully saturated rings. The fourth-order valence-electron chi connectivity index (χ4n) is 4.65. The van der Waals surface area contributed by atoms with Gasteiger partial charge in [-0.05, 0) is 49.0 Å². The average molecular weight is 571 g/mol. The second-order valence-corrected chi connectivity index (χ2v) is 10.9. The summed E-state index contributed by atoms with van der Waals surface area (Å²) in [4.78, 5) is 43.0. The molecule has 0 saturated carbocycles. The smallest absolute Gasteiger partial charge is 0.296 e. The Labute approximate surface area is 242 Å². The van der Waals surface area contributed by atoms with Crippen molar-refractivity contribution in [1.82, 2.24) is 19.3 Å². The summed E-state index contributed by atoms with van der Waals surface area (Å²) in [5.74, 6) is -0.168. The van der Waals surface area contributed by atoms with Gasteiger partial charge in [0.05, 0.1) is 11.9 Å². The minimum Gasteiger partial charge on any atom is -0.296 e. The molecular formula is C32H34N4O4S. The quantitative estimate of drug-likeness (QED) is 0.214. The van der Waals surface area contributed by atoms with Crippen molar-refractivity contribution in [1.29, 1.82) is 0 Å². The lowest BCUT2D eigenvalue weighted by Gasteiger charge is -2.13. The average Bonchev–Trinajstić information content (AvgIpc) is 3.61. The Kier molecular flexibility index (Phi) is 9.19. The van der Waals surface area contributed by atoms with Crippen LogP contribution in [0.15, 0.2) is 98.3 Å². The van der Waals surface area contributed by atoms with Crippen LogP contribution >= 0.6 is 11.3 Å². The number of aromatic nitrogens is 4. The van der Waals surface area contributed by atoms with Gasteiger partial charge in [-0.3, -0.25) is 23.4 Å². The molecule has 3 heterocycles. The van der Waals surface area contributed by atoms with Crippen LogP contribution in [0.25, 0.3) is 21.4 Å². The van der Waals surface area contributed by atoms with E-state index in [9.17, 15) is 14.4 Å². The molecule has 0 saturated heterocycles. The highest BCUT2D eigenvalue weighted by Crippen LogP contribution is 2.29. The van der Waals surface area contributed by atoms with Gasteiger partial charge < -0.3 is 0 Å². The van der Waals surface area contributed by atoms with Crippen LogP contribution in [-0.2, 0) is 13.1 Å². The van der Waals surface area contributed by atoms with E-state index in [0.717, 1.165) is 21.6 Å². The van der Waals surface area contributed by atoms with Crippen LogP contribution in [0.5, 0.6) is 0 Å². The molecule has 0 aliphatic rings. The SMILES string of the molecule is C=C/C(=C(\C=C)c1noc(=O)[nH]1)c1ccc(Cn2c(=O)n(CCC(/C=C\C)=C/C)c(=O)c3cc(C(C)C)sc32)cc1. The predicted octanol–water partition coefficient (Wildman–Crippen LogP) is 6.27. The number of nitrogens with zero attached hydrogens (tertiary/aromatic N) is 3. The first-order valence-electron chi connectivity index (χ1n) is 13.4. The van der Waals surface area contributed by atoms with E-state index in [1.807, 2.05) is 62.4 Å². The predicted molar refractivity (Wildman–Crippen MR) is 167 cm³/mol. The van der Waals surface area contributed by atoms with Crippen molar-refractivity contribution >= 4 is 32.7 Å². The molecule has 0 atom stereocenters. The number of H-pyrrole nitrogens is 1. The molecule has 41 heavy (non-hydrogen) atoms. The normalized spacial score (nSPS) is 12.9. The maximum Gasteiger partial charge on any atom is 0.439 e. The van der Waals surface area contributed by atoms with E-state index >= 15 is 0 Å². The maximum absolute atomic E-state index is 13.8. The first kappa shape index (κ1) is 29.5. The van der Waals surface area contributed by atoms with Crippen molar-refractivity contribution < 1.29 is 4.52 Å². The number of nitrogens with one attached hydrogen (secondary N) is 1. The number of rotatable bonds is 11. The highest BCUT2D eigenvalue weighted by molar-refractivity contribution is 7.18. The van der Waals surface area contributed by atoms with Gasteiger partial charge in [-0.25, -0.2) is 9.59 Å². The summed E-state index contributed by atoms with van der Waals surface area (Å²) in [6.07, 6.45) is 9.76. The minimum atomic E-state index is -0.658. The van der Waals surface area contributed by atoms with Crippen LogP contribution in [0.1, 0.15) is 61.9 Å². The third-order valence-corrected chi connectivity index (χ3v) is 8.32. The van der Waals surface area contributed by atoms with Gasteiger partial charge in [0.25, 0.3) is 5.56 Å². The van der Waals surface area contributed by atoms with Crippen molar-refractivity contribution in [3.8, 4) is 0 Å². The number of thiophene rings is 1. The topological polar surface area (TPSA) is 103 Å². The molecule has 8 nitrogen and oxygen atoms in total. The van der Waals surface area contributed by atoms with Crippen molar-refractivity contribution in [3.05, 3.63) is 133 Å². The van der Waals surface area contributed by atoms with Gasteiger partial charge in [-0.15, -0.1) is 11.3 Å². The monoisotopic (exact) mass is 570 g/mol. The third kappa shape index (κ3) is 6.15. The molecule has 0 unspecified atom stereocenters. The molecule has 0 bridgehead atoms. The third-order valence-electron chi connectivity index (χ3n) is 6.86. The molecule has 212 valence electrons. The van der Waals surface area contributed by atoms with Gasteiger partial charge in [0, 0.05) is 17.0 Å². The van der Waals surface area contributed by atoms with Gasteiger partial charge in [-0.2, -0.15) is 0 Å². The van der Waals surface area contributed by atoms with E-state index in [1.54, 1.807) is 16.7 Å². The lowest BCUT2D eigenvalue weighted by molar-refractivity contribution is 0.385. The highest BCUT2D eigenvalue weighted by Gasteiger charge is 2.18. The second-order valence-electron chi connectivity index (χ2n) is 9.84. The zero-order valence-electron chi connectivity index (χ0n) is 23.8.